The number of aryl methyl sites for hydroxylation is 2. The quantitative estimate of drug-likeness (QED) is 0.412. The van der Waals surface area contributed by atoms with Gasteiger partial charge in [-0.05, 0) is 102 Å². The van der Waals surface area contributed by atoms with E-state index in [1.807, 2.05) is 13.0 Å². The van der Waals surface area contributed by atoms with Crippen LogP contribution in [0.4, 0.5) is 23.0 Å². The number of aliphatic hydroxyl groups excluding tert-OH is 1. The summed E-state index contributed by atoms with van der Waals surface area (Å²) in [6.07, 6.45) is 8.85. The van der Waals surface area contributed by atoms with E-state index in [0.29, 0.717) is 18.1 Å². The standard InChI is InChI=1S/C29H43N7O2/c1-3-24-28(31-20-6-9-23(37)10-7-20)34-29(26(33-24)27(30)38)32-21-8-11-25(19(2)18-21)36-16-12-22(13-17-36)35-14-4-5-15-35/h8,11,18,20,22-23,37H,3-7,9-10,12-17H2,1-2H3,(H2,30,38)(H2,31,32,34)/t20-,23-. The summed E-state index contributed by atoms with van der Waals surface area (Å²) in [5.41, 5.74) is 9.89. The molecule has 1 saturated carbocycles. The van der Waals surface area contributed by atoms with Crippen LogP contribution in [0.2, 0.25) is 0 Å². The Balaban J connectivity index is 1.31. The molecule has 2 saturated heterocycles. The van der Waals surface area contributed by atoms with Gasteiger partial charge in [0.15, 0.2) is 11.5 Å². The van der Waals surface area contributed by atoms with Crippen LogP contribution in [0.25, 0.3) is 0 Å². The van der Waals surface area contributed by atoms with Gasteiger partial charge < -0.3 is 31.3 Å². The Morgan fingerprint density at radius 3 is 2.37 bits per heavy atom. The molecule has 3 aliphatic rings. The number of nitrogens with two attached hydrogens (primary N) is 1. The fraction of sp³-hybridized carbons (Fsp3) is 0.621. The van der Waals surface area contributed by atoms with Crippen LogP contribution in [0.3, 0.4) is 0 Å². The Morgan fingerprint density at radius 2 is 1.74 bits per heavy atom. The summed E-state index contributed by atoms with van der Waals surface area (Å²) >= 11 is 0. The van der Waals surface area contributed by atoms with Gasteiger partial charge in [0.25, 0.3) is 5.91 Å². The van der Waals surface area contributed by atoms with E-state index in [9.17, 15) is 9.90 Å². The zero-order valence-electron chi connectivity index (χ0n) is 22.9. The molecule has 0 unspecified atom stereocenters. The third kappa shape index (κ3) is 6.04. The van der Waals surface area contributed by atoms with Crippen LogP contribution in [0.15, 0.2) is 18.2 Å². The van der Waals surface area contributed by atoms with Crippen LogP contribution < -0.4 is 21.3 Å². The number of nitrogens with one attached hydrogen (secondary N) is 2. The molecule has 38 heavy (non-hydrogen) atoms. The van der Waals surface area contributed by atoms with E-state index < -0.39 is 5.91 Å². The Hall–Kier alpha value is -2.91. The molecular weight excluding hydrogens is 478 g/mol. The zero-order chi connectivity index (χ0) is 26.6. The number of anilines is 4. The third-order valence-electron chi connectivity index (χ3n) is 8.50. The first-order valence-corrected chi connectivity index (χ1v) is 14.4. The maximum Gasteiger partial charge on any atom is 0.271 e. The first-order valence-electron chi connectivity index (χ1n) is 14.4. The second kappa shape index (κ2) is 11.9. The predicted molar refractivity (Wildman–Crippen MR) is 152 cm³/mol. The number of likely N-dealkylation sites (tertiary alicyclic amines) is 1. The molecule has 0 radical (unpaired) electrons. The molecule has 9 nitrogen and oxygen atoms in total. The van der Waals surface area contributed by atoms with Gasteiger partial charge in [-0.25, -0.2) is 9.97 Å². The van der Waals surface area contributed by atoms with Gasteiger partial charge in [-0.3, -0.25) is 4.79 Å². The summed E-state index contributed by atoms with van der Waals surface area (Å²) in [5, 5.41) is 16.7. The lowest BCUT2D eigenvalue weighted by molar-refractivity contribution is 0.0996. The number of rotatable bonds is 8. The van der Waals surface area contributed by atoms with Gasteiger partial charge in [0.1, 0.15) is 5.82 Å². The van der Waals surface area contributed by atoms with Crippen molar-refractivity contribution < 1.29 is 9.90 Å². The van der Waals surface area contributed by atoms with Crippen molar-refractivity contribution in [1.82, 2.24) is 14.9 Å². The highest BCUT2D eigenvalue weighted by molar-refractivity contribution is 5.96. The smallest absolute Gasteiger partial charge is 0.271 e. The molecule has 2 aromatic rings. The number of carbonyl (C=O) groups excluding carboxylic acids is 1. The lowest BCUT2D eigenvalue weighted by Gasteiger charge is -2.38. The van der Waals surface area contributed by atoms with E-state index in [2.05, 4.69) is 44.5 Å². The SMILES string of the molecule is CCc1nc(C(N)=O)c(Nc2ccc(N3CCC(N4CCCC4)CC3)c(C)c2)nc1N[C@H]1CC[C@H](O)CC1. The van der Waals surface area contributed by atoms with Crippen molar-refractivity contribution in [2.24, 2.45) is 5.73 Å². The molecule has 1 aliphatic carbocycles. The second-order valence-corrected chi connectivity index (χ2v) is 11.2. The third-order valence-corrected chi connectivity index (χ3v) is 8.50. The first-order chi connectivity index (χ1) is 18.4. The maximum absolute atomic E-state index is 12.3. The van der Waals surface area contributed by atoms with Crippen molar-refractivity contribution in [2.45, 2.75) is 89.8 Å². The van der Waals surface area contributed by atoms with E-state index in [0.717, 1.165) is 56.2 Å². The molecule has 1 amide bonds. The van der Waals surface area contributed by atoms with Gasteiger partial charge in [-0.15, -0.1) is 0 Å². The minimum Gasteiger partial charge on any atom is -0.393 e. The van der Waals surface area contributed by atoms with Gasteiger partial charge in [0.05, 0.1) is 11.8 Å². The largest absolute Gasteiger partial charge is 0.393 e. The molecule has 5 rings (SSSR count). The fourth-order valence-electron chi connectivity index (χ4n) is 6.31. The number of benzene rings is 1. The molecule has 3 heterocycles. The van der Waals surface area contributed by atoms with E-state index in [1.54, 1.807) is 0 Å². The van der Waals surface area contributed by atoms with E-state index in [1.165, 1.54) is 50.0 Å². The zero-order valence-corrected chi connectivity index (χ0v) is 22.9. The molecule has 3 fully saturated rings. The molecule has 0 bridgehead atoms. The molecule has 206 valence electrons. The van der Waals surface area contributed by atoms with Crippen molar-refractivity contribution in [1.29, 1.82) is 0 Å². The van der Waals surface area contributed by atoms with E-state index in [4.69, 9.17) is 10.7 Å². The fourth-order valence-corrected chi connectivity index (χ4v) is 6.31. The number of aliphatic hydroxyl groups is 1. The Bertz CT molecular complexity index is 1120. The number of carbonyl (C=O) groups is 1. The van der Waals surface area contributed by atoms with Crippen LogP contribution in [0.5, 0.6) is 0 Å². The van der Waals surface area contributed by atoms with Crippen molar-refractivity contribution in [2.75, 3.05) is 41.7 Å². The Morgan fingerprint density at radius 1 is 1.03 bits per heavy atom. The summed E-state index contributed by atoms with van der Waals surface area (Å²) in [5.74, 6) is 0.443. The summed E-state index contributed by atoms with van der Waals surface area (Å²) in [6.45, 7) is 8.82. The summed E-state index contributed by atoms with van der Waals surface area (Å²) in [4.78, 5) is 26.9. The minimum absolute atomic E-state index is 0.150. The number of aromatic nitrogens is 2. The van der Waals surface area contributed by atoms with Crippen LogP contribution in [0, 0.1) is 6.92 Å². The summed E-state index contributed by atoms with van der Waals surface area (Å²) < 4.78 is 0. The number of primary amides is 1. The first kappa shape index (κ1) is 26.7. The predicted octanol–water partition coefficient (Wildman–Crippen LogP) is 3.97. The van der Waals surface area contributed by atoms with Crippen molar-refractivity contribution in [3.05, 3.63) is 35.2 Å². The monoisotopic (exact) mass is 521 g/mol. The Labute approximate surface area is 226 Å². The average Bonchev–Trinajstić information content (AvgIpc) is 3.45. The number of amides is 1. The van der Waals surface area contributed by atoms with Crippen molar-refractivity contribution in [3.8, 4) is 0 Å². The van der Waals surface area contributed by atoms with Crippen LogP contribution in [0.1, 0.15) is 80.0 Å². The lowest BCUT2D eigenvalue weighted by Crippen LogP contribution is -2.44. The molecule has 1 aromatic carbocycles. The normalized spacial score (nSPS) is 23.0. The number of nitrogens with zero attached hydrogens (tertiary/aromatic N) is 4. The highest BCUT2D eigenvalue weighted by Crippen LogP contribution is 2.31. The van der Waals surface area contributed by atoms with Crippen LogP contribution >= 0.6 is 0 Å². The average molecular weight is 522 g/mol. The highest BCUT2D eigenvalue weighted by atomic mass is 16.3. The summed E-state index contributed by atoms with van der Waals surface area (Å²) in [6, 6.07) is 7.27. The van der Waals surface area contributed by atoms with Gasteiger partial charge in [0.2, 0.25) is 0 Å². The Kier molecular flexibility index (Phi) is 8.33. The highest BCUT2D eigenvalue weighted by Gasteiger charge is 2.27. The minimum atomic E-state index is -0.601. The van der Waals surface area contributed by atoms with Gasteiger partial charge in [-0.2, -0.15) is 0 Å². The van der Waals surface area contributed by atoms with Crippen molar-refractivity contribution in [3.63, 3.8) is 0 Å². The molecule has 0 atom stereocenters. The van der Waals surface area contributed by atoms with Gasteiger partial charge in [-0.1, -0.05) is 6.92 Å². The van der Waals surface area contributed by atoms with Crippen LogP contribution in [-0.2, 0) is 6.42 Å². The van der Waals surface area contributed by atoms with E-state index >= 15 is 0 Å². The van der Waals surface area contributed by atoms with Gasteiger partial charge in [0, 0.05) is 36.5 Å². The lowest BCUT2D eigenvalue weighted by atomic mass is 9.93. The number of hydrogen-bond acceptors (Lipinski definition) is 8. The number of piperidine rings is 1. The molecule has 2 aliphatic heterocycles. The number of hydrogen-bond donors (Lipinski definition) is 4. The van der Waals surface area contributed by atoms with Crippen LogP contribution in [-0.4, -0.2) is 70.2 Å². The second-order valence-electron chi connectivity index (χ2n) is 11.2. The summed E-state index contributed by atoms with van der Waals surface area (Å²) in [7, 11) is 0. The van der Waals surface area contributed by atoms with Gasteiger partial charge >= 0.3 is 0 Å². The topological polar surface area (TPSA) is 120 Å². The van der Waals surface area contributed by atoms with E-state index in [-0.39, 0.29) is 17.8 Å². The molecular formula is C29H43N7O2. The molecule has 0 spiro atoms. The molecule has 9 heteroatoms. The molecule has 5 N–H and O–H groups in total. The molecule has 1 aromatic heterocycles. The maximum atomic E-state index is 12.3. The van der Waals surface area contributed by atoms with Crippen molar-refractivity contribution >= 4 is 28.9 Å².